The van der Waals surface area contributed by atoms with Crippen LogP contribution in [0, 0.1) is 11.8 Å². The molecule has 38 heavy (non-hydrogen) atoms. The standard InChI is InChI=1S/C29H30N4O5/c1-21(31-28(35)25-16-24(12-14-30-25)38-23-7-5-4-6-8-23)17-37-27-10-9-22(15-26(27)33(3)20-34)11-13-29(36)18-32(2)19-29/h4-10,12,14-16,20-21,36H,17-19H2,1-3H3,(H,31,35)/t21-/m1/s1. The van der Waals surface area contributed by atoms with Crippen LogP contribution < -0.4 is 19.7 Å². The summed E-state index contributed by atoms with van der Waals surface area (Å²) in [6.45, 7) is 2.95. The average Bonchev–Trinajstić information content (AvgIpc) is 2.90. The van der Waals surface area contributed by atoms with Gasteiger partial charge in [0, 0.05) is 38.0 Å². The topological polar surface area (TPSA) is 104 Å². The largest absolute Gasteiger partial charge is 0.489 e. The first-order valence-corrected chi connectivity index (χ1v) is 12.1. The quantitative estimate of drug-likeness (QED) is 0.334. The number of hydrogen-bond acceptors (Lipinski definition) is 7. The molecule has 1 saturated heterocycles. The normalized spacial score (nSPS) is 14.7. The third-order valence-corrected chi connectivity index (χ3v) is 5.81. The highest BCUT2D eigenvalue weighted by Gasteiger charge is 2.37. The van der Waals surface area contributed by atoms with Gasteiger partial charge in [-0.05, 0) is 50.4 Å². The minimum atomic E-state index is -1.02. The van der Waals surface area contributed by atoms with Gasteiger partial charge < -0.3 is 24.8 Å². The van der Waals surface area contributed by atoms with Gasteiger partial charge in [0.1, 0.15) is 29.5 Å². The van der Waals surface area contributed by atoms with Gasteiger partial charge in [0.2, 0.25) is 6.41 Å². The molecular formula is C29H30N4O5. The summed E-state index contributed by atoms with van der Waals surface area (Å²) >= 11 is 0. The van der Waals surface area contributed by atoms with E-state index in [0.29, 0.717) is 48.0 Å². The van der Waals surface area contributed by atoms with Gasteiger partial charge >= 0.3 is 0 Å². The van der Waals surface area contributed by atoms with Gasteiger partial charge in [0.15, 0.2) is 5.60 Å². The molecular weight excluding hydrogens is 484 g/mol. The molecule has 9 nitrogen and oxygen atoms in total. The van der Waals surface area contributed by atoms with Gasteiger partial charge in [-0.2, -0.15) is 0 Å². The number of aliphatic hydroxyl groups is 1. The number of β-amino-alcohol motifs (C(OH)–C–C–N with tert-alkyl or cyclic N) is 1. The molecule has 1 atom stereocenters. The first kappa shape index (κ1) is 26.7. The Morgan fingerprint density at radius 1 is 1.21 bits per heavy atom. The highest BCUT2D eigenvalue weighted by molar-refractivity contribution is 5.92. The van der Waals surface area contributed by atoms with Crippen LogP contribution in [0.2, 0.25) is 0 Å². The fourth-order valence-electron chi connectivity index (χ4n) is 3.94. The Labute approximate surface area is 222 Å². The van der Waals surface area contributed by atoms with Crippen molar-refractivity contribution in [3.05, 3.63) is 78.1 Å². The molecule has 0 spiro atoms. The second-order valence-corrected chi connectivity index (χ2v) is 9.33. The van der Waals surface area contributed by atoms with E-state index >= 15 is 0 Å². The molecule has 2 amide bonds. The van der Waals surface area contributed by atoms with Crippen LogP contribution in [0.25, 0.3) is 0 Å². The van der Waals surface area contributed by atoms with Crippen LogP contribution in [-0.2, 0) is 4.79 Å². The van der Waals surface area contributed by atoms with Gasteiger partial charge in [-0.25, -0.2) is 0 Å². The number of para-hydroxylation sites is 1. The van der Waals surface area contributed by atoms with E-state index in [4.69, 9.17) is 9.47 Å². The summed E-state index contributed by atoms with van der Waals surface area (Å²) in [5, 5.41) is 13.2. The molecule has 1 aliphatic heterocycles. The Kier molecular flexibility index (Phi) is 8.26. The molecule has 0 saturated carbocycles. The van der Waals surface area contributed by atoms with E-state index in [1.165, 1.54) is 11.1 Å². The number of nitrogens with one attached hydrogen (secondary N) is 1. The fraction of sp³-hybridized carbons (Fsp3) is 0.276. The van der Waals surface area contributed by atoms with Crippen molar-refractivity contribution in [2.75, 3.05) is 38.7 Å². The number of carbonyl (C=O) groups is 2. The van der Waals surface area contributed by atoms with Crippen molar-refractivity contribution in [1.82, 2.24) is 15.2 Å². The minimum absolute atomic E-state index is 0.156. The van der Waals surface area contributed by atoms with E-state index in [1.807, 2.05) is 49.2 Å². The second-order valence-electron chi connectivity index (χ2n) is 9.33. The number of rotatable bonds is 9. The lowest BCUT2D eigenvalue weighted by atomic mass is 9.95. The summed E-state index contributed by atoms with van der Waals surface area (Å²) in [6.07, 6.45) is 2.19. The summed E-state index contributed by atoms with van der Waals surface area (Å²) in [7, 11) is 3.53. The number of benzene rings is 2. The van der Waals surface area contributed by atoms with Gasteiger partial charge in [-0.3, -0.25) is 19.5 Å². The molecule has 0 radical (unpaired) electrons. The monoisotopic (exact) mass is 514 g/mol. The van der Waals surface area contributed by atoms with Crippen LogP contribution in [0.5, 0.6) is 17.2 Å². The number of aromatic nitrogens is 1. The summed E-state index contributed by atoms with van der Waals surface area (Å²) in [6, 6.07) is 17.4. The van der Waals surface area contributed by atoms with Crippen molar-refractivity contribution < 1.29 is 24.2 Å². The van der Waals surface area contributed by atoms with Gasteiger partial charge in [-0.1, -0.05) is 30.0 Å². The Bertz CT molecular complexity index is 1350. The van der Waals surface area contributed by atoms with Crippen molar-refractivity contribution >= 4 is 18.0 Å². The lowest BCUT2D eigenvalue weighted by Crippen LogP contribution is -2.59. The smallest absolute Gasteiger partial charge is 0.270 e. The summed E-state index contributed by atoms with van der Waals surface area (Å²) in [4.78, 5) is 31.7. The highest BCUT2D eigenvalue weighted by atomic mass is 16.5. The molecule has 1 fully saturated rings. The molecule has 2 heterocycles. The predicted molar refractivity (Wildman–Crippen MR) is 143 cm³/mol. The molecule has 0 unspecified atom stereocenters. The second kappa shape index (κ2) is 11.8. The van der Waals surface area contributed by atoms with Crippen LogP contribution in [0.15, 0.2) is 66.9 Å². The number of likely N-dealkylation sites (N-methyl/N-ethyl adjacent to an activating group) is 1. The molecule has 0 aliphatic carbocycles. The van der Waals surface area contributed by atoms with Gasteiger partial charge in [-0.15, -0.1) is 0 Å². The van der Waals surface area contributed by atoms with Crippen LogP contribution >= 0.6 is 0 Å². The summed E-state index contributed by atoms with van der Waals surface area (Å²) < 4.78 is 11.7. The van der Waals surface area contributed by atoms with E-state index < -0.39 is 5.60 Å². The number of hydrogen-bond donors (Lipinski definition) is 2. The van der Waals surface area contributed by atoms with Gasteiger partial charge in [0.25, 0.3) is 5.91 Å². The molecule has 196 valence electrons. The van der Waals surface area contributed by atoms with Crippen molar-refractivity contribution in [2.45, 2.75) is 18.6 Å². The lowest BCUT2D eigenvalue weighted by molar-refractivity contribution is -0.107. The van der Waals surface area contributed by atoms with Crippen LogP contribution in [0.4, 0.5) is 5.69 Å². The number of ether oxygens (including phenoxy) is 2. The van der Waals surface area contributed by atoms with Crippen LogP contribution in [0.3, 0.4) is 0 Å². The van der Waals surface area contributed by atoms with E-state index in [0.717, 1.165) is 0 Å². The Morgan fingerprint density at radius 3 is 2.68 bits per heavy atom. The van der Waals surface area contributed by atoms with Crippen molar-refractivity contribution in [1.29, 1.82) is 0 Å². The molecule has 1 aliphatic rings. The Balaban J connectivity index is 1.37. The molecule has 2 aromatic carbocycles. The average molecular weight is 515 g/mol. The van der Waals surface area contributed by atoms with E-state index in [9.17, 15) is 14.7 Å². The van der Waals surface area contributed by atoms with Gasteiger partial charge in [0.05, 0.1) is 11.7 Å². The number of carbonyl (C=O) groups excluding carboxylic acids is 2. The Hall–Kier alpha value is -4.39. The van der Waals surface area contributed by atoms with Crippen molar-refractivity contribution in [3.8, 4) is 29.1 Å². The maximum atomic E-state index is 12.8. The molecule has 0 bridgehead atoms. The summed E-state index contributed by atoms with van der Waals surface area (Å²) in [5.74, 6) is 7.15. The number of likely N-dealkylation sites (tertiary alicyclic amines) is 1. The fourth-order valence-corrected chi connectivity index (χ4v) is 3.94. The van der Waals surface area contributed by atoms with Crippen LogP contribution in [-0.4, -0.2) is 72.7 Å². The van der Waals surface area contributed by atoms with Crippen molar-refractivity contribution in [3.63, 3.8) is 0 Å². The zero-order valence-electron chi connectivity index (χ0n) is 21.5. The highest BCUT2D eigenvalue weighted by Crippen LogP contribution is 2.29. The first-order chi connectivity index (χ1) is 18.2. The van der Waals surface area contributed by atoms with E-state index in [1.54, 1.807) is 37.4 Å². The number of pyridine rings is 1. The maximum absolute atomic E-state index is 12.8. The molecule has 3 aromatic rings. The summed E-state index contributed by atoms with van der Waals surface area (Å²) in [5.41, 5.74) is 0.370. The third kappa shape index (κ3) is 6.88. The third-order valence-electron chi connectivity index (χ3n) is 5.81. The number of anilines is 1. The SMILES string of the molecule is C[C@H](COc1ccc(C#CC2(O)CN(C)C2)cc1N(C)C=O)NC(=O)c1cc(Oc2ccccc2)ccn1. The molecule has 2 N–H and O–H groups in total. The number of nitrogens with zero attached hydrogens (tertiary/aromatic N) is 3. The van der Waals surface area contributed by atoms with E-state index in [-0.39, 0.29) is 24.2 Å². The zero-order chi connectivity index (χ0) is 27.1. The minimum Gasteiger partial charge on any atom is -0.489 e. The maximum Gasteiger partial charge on any atom is 0.270 e. The van der Waals surface area contributed by atoms with Crippen LogP contribution in [0.1, 0.15) is 23.0 Å². The predicted octanol–water partition coefficient (Wildman–Crippen LogP) is 2.69. The molecule has 9 heteroatoms. The van der Waals surface area contributed by atoms with E-state index in [2.05, 4.69) is 22.1 Å². The molecule has 4 rings (SSSR count). The Morgan fingerprint density at radius 2 is 1.97 bits per heavy atom. The lowest BCUT2D eigenvalue weighted by Gasteiger charge is -2.40. The number of amides is 2. The first-order valence-electron chi connectivity index (χ1n) is 12.1. The van der Waals surface area contributed by atoms with Crippen molar-refractivity contribution in [2.24, 2.45) is 0 Å². The zero-order valence-corrected chi connectivity index (χ0v) is 21.5. The molecule has 1 aromatic heterocycles.